The van der Waals surface area contributed by atoms with Crippen LogP contribution in [0.15, 0.2) is 6.07 Å². The maximum Gasteiger partial charge on any atom is 0.224 e. The summed E-state index contributed by atoms with van der Waals surface area (Å²) < 4.78 is 0. The summed E-state index contributed by atoms with van der Waals surface area (Å²) in [6, 6.07) is 2.87. The molecule has 1 unspecified atom stereocenters. The van der Waals surface area contributed by atoms with Gasteiger partial charge in [0.15, 0.2) is 0 Å². The molecule has 1 aliphatic heterocycles. The lowest BCUT2D eigenvalue weighted by Crippen LogP contribution is -2.35. The van der Waals surface area contributed by atoms with Crippen LogP contribution in [0.4, 0.5) is 11.8 Å². The zero-order valence-electron chi connectivity index (χ0n) is 13.4. The molecule has 1 atom stereocenters. The third kappa shape index (κ3) is 3.30. The van der Waals surface area contributed by atoms with E-state index >= 15 is 0 Å². The van der Waals surface area contributed by atoms with Gasteiger partial charge in [-0.3, -0.25) is 0 Å². The standard InChI is InChI=1S/C17H28N4/c1-3-10-18-17-19-13(2)12-16(20-17)21-11-6-9-15(21)14-7-4-5-8-14/h12,14-15H,3-11H2,1-2H3,(H,18,19,20). The van der Waals surface area contributed by atoms with Gasteiger partial charge in [-0.05, 0) is 44.9 Å². The van der Waals surface area contributed by atoms with Gasteiger partial charge in [-0.15, -0.1) is 0 Å². The molecule has 116 valence electrons. The third-order valence-electron chi connectivity index (χ3n) is 4.91. The molecule has 4 nitrogen and oxygen atoms in total. The Morgan fingerprint density at radius 3 is 2.76 bits per heavy atom. The lowest BCUT2D eigenvalue weighted by Gasteiger charge is -2.30. The zero-order valence-corrected chi connectivity index (χ0v) is 13.4. The van der Waals surface area contributed by atoms with Crippen LogP contribution >= 0.6 is 0 Å². The second kappa shape index (κ2) is 6.63. The van der Waals surface area contributed by atoms with E-state index < -0.39 is 0 Å². The van der Waals surface area contributed by atoms with E-state index in [1.165, 1.54) is 38.5 Å². The highest BCUT2D eigenvalue weighted by Crippen LogP contribution is 2.37. The van der Waals surface area contributed by atoms with Crippen LogP contribution in [0.5, 0.6) is 0 Å². The topological polar surface area (TPSA) is 41.1 Å². The Bertz CT molecular complexity index is 468. The molecule has 0 radical (unpaired) electrons. The molecule has 2 fully saturated rings. The number of anilines is 2. The fraction of sp³-hybridized carbons (Fsp3) is 0.765. The second-order valence-corrected chi connectivity index (χ2v) is 6.57. The molecule has 1 aliphatic carbocycles. The number of aromatic nitrogens is 2. The van der Waals surface area contributed by atoms with Crippen LogP contribution in [-0.2, 0) is 0 Å². The maximum atomic E-state index is 4.78. The highest BCUT2D eigenvalue weighted by atomic mass is 15.3. The van der Waals surface area contributed by atoms with Crippen molar-refractivity contribution in [3.63, 3.8) is 0 Å². The Labute approximate surface area is 128 Å². The van der Waals surface area contributed by atoms with Crippen molar-refractivity contribution >= 4 is 11.8 Å². The number of rotatable bonds is 5. The Morgan fingerprint density at radius 1 is 1.19 bits per heavy atom. The number of nitrogens with zero attached hydrogens (tertiary/aromatic N) is 3. The van der Waals surface area contributed by atoms with Gasteiger partial charge in [-0.1, -0.05) is 19.8 Å². The minimum absolute atomic E-state index is 0.709. The first-order chi connectivity index (χ1) is 10.3. The smallest absolute Gasteiger partial charge is 0.224 e. The average molecular weight is 288 g/mol. The van der Waals surface area contributed by atoms with Crippen molar-refractivity contribution in [2.24, 2.45) is 5.92 Å². The molecule has 3 rings (SSSR count). The number of hydrogen-bond acceptors (Lipinski definition) is 4. The summed E-state index contributed by atoms with van der Waals surface area (Å²) in [5.74, 6) is 2.81. The first-order valence-corrected chi connectivity index (χ1v) is 8.64. The molecule has 1 aromatic heterocycles. The number of hydrogen-bond donors (Lipinski definition) is 1. The Hall–Kier alpha value is -1.32. The molecular formula is C17H28N4. The number of nitrogens with one attached hydrogen (secondary N) is 1. The van der Waals surface area contributed by atoms with Crippen LogP contribution in [0.1, 0.15) is 57.6 Å². The lowest BCUT2D eigenvalue weighted by molar-refractivity contribution is 0.429. The van der Waals surface area contributed by atoms with Gasteiger partial charge in [0, 0.05) is 30.9 Å². The van der Waals surface area contributed by atoms with Gasteiger partial charge in [0.1, 0.15) is 5.82 Å². The van der Waals surface area contributed by atoms with Crippen molar-refractivity contribution in [1.29, 1.82) is 0 Å². The summed E-state index contributed by atoms with van der Waals surface area (Å²) in [6.07, 6.45) is 9.40. The minimum Gasteiger partial charge on any atom is -0.354 e. The quantitative estimate of drug-likeness (QED) is 0.895. The molecule has 0 aromatic carbocycles. The van der Waals surface area contributed by atoms with E-state index in [0.717, 1.165) is 42.9 Å². The normalized spacial score (nSPS) is 23.0. The van der Waals surface area contributed by atoms with Crippen molar-refractivity contribution < 1.29 is 0 Å². The summed E-state index contributed by atoms with van der Waals surface area (Å²) in [7, 11) is 0. The Balaban J connectivity index is 1.79. The van der Waals surface area contributed by atoms with Crippen LogP contribution in [0.2, 0.25) is 0 Å². The van der Waals surface area contributed by atoms with Crippen LogP contribution in [0.3, 0.4) is 0 Å². The first-order valence-electron chi connectivity index (χ1n) is 8.64. The van der Waals surface area contributed by atoms with E-state index in [0.29, 0.717) is 6.04 Å². The van der Waals surface area contributed by atoms with Gasteiger partial charge >= 0.3 is 0 Å². The van der Waals surface area contributed by atoms with Gasteiger partial charge in [0.25, 0.3) is 0 Å². The summed E-state index contributed by atoms with van der Waals surface area (Å²) >= 11 is 0. The largest absolute Gasteiger partial charge is 0.354 e. The van der Waals surface area contributed by atoms with Crippen LogP contribution in [-0.4, -0.2) is 29.1 Å². The van der Waals surface area contributed by atoms with Gasteiger partial charge in [-0.25, -0.2) is 4.98 Å². The van der Waals surface area contributed by atoms with Gasteiger partial charge in [-0.2, -0.15) is 4.98 Å². The molecular weight excluding hydrogens is 260 g/mol. The van der Waals surface area contributed by atoms with E-state index in [1.807, 2.05) is 0 Å². The molecule has 0 spiro atoms. The summed E-state index contributed by atoms with van der Waals surface area (Å²) in [5, 5.41) is 3.33. The second-order valence-electron chi connectivity index (χ2n) is 6.57. The highest BCUT2D eigenvalue weighted by molar-refractivity contribution is 5.46. The van der Waals surface area contributed by atoms with Crippen molar-refractivity contribution in [3.8, 4) is 0 Å². The van der Waals surface area contributed by atoms with Gasteiger partial charge in [0.2, 0.25) is 5.95 Å². The van der Waals surface area contributed by atoms with E-state index in [4.69, 9.17) is 4.98 Å². The van der Waals surface area contributed by atoms with E-state index in [-0.39, 0.29) is 0 Å². The van der Waals surface area contributed by atoms with Crippen molar-refractivity contribution in [2.75, 3.05) is 23.3 Å². The van der Waals surface area contributed by atoms with Crippen molar-refractivity contribution in [2.45, 2.75) is 64.8 Å². The van der Waals surface area contributed by atoms with E-state index in [9.17, 15) is 0 Å². The predicted molar refractivity (Wildman–Crippen MR) is 87.9 cm³/mol. The molecule has 2 aliphatic rings. The molecule has 1 aromatic rings. The molecule has 21 heavy (non-hydrogen) atoms. The Kier molecular flexibility index (Phi) is 4.61. The molecule has 1 saturated heterocycles. The zero-order chi connectivity index (χ0) is 14.7. The third-order valence-corrected chi connectivity index (χ3v) is 4.91. The summed E-state index contributed by atoms with van der Waals surface area (Å²) in [6.45, 7) is 6.34. The predicted octanol–water partition coefficient (Wildman–Crippen LogP) is 3.77. The van der Waals surface area contributed by atoms with Crippen LogP contribution < -0.4 is 10.2 Å². The average Bonchev–Trinajstić information content (AvgIpc) is 3.14. The van der Waals surface area contributed by atoms with Crippen molar-refractivity contribution in [1.82, 2.24) is 9.97 Å². The molecule has 1 N–H and O–H groups in total. The van der Waals surface area contributed by atoms with Gasteiger partial charge in [0.05, 0.1) is 0 Å². The minimum atomic E-state index is 0.709. The molecule has 1 saturated carbocycles. The summed E-state index contributed by atoms with van der Waals surface area (Å²) in [4.78, 5) is 11.9. The summed E-state index contributed by atoms with van der Waals surface area (Å²) in [5.41, 5.74) is 1.07. The number of aryl methyl sites for hydroxylation is 1. The lowest BCUT2D eigenvalue weighted by atomic mass is 9.96. The van der Waals surface area contributed by atoms with Crippen LogP contribution in [0.25, 0.3) is 0 Å². The molecule has 4 heteroatoms. The monoisotopic (exact) mass is 288 g/mol. The SMILES string of the molecule is CCCNc1nc(C)cc(N2CCCC2C2CCCC2)n1. The van der Waals surface area contributed by atoms with Gasteiger partial charge < -0.3 is 10.2 Å². The highest BCUT2D eigenvalue weighted by Gasteiger charge is 2.34. The van der Waals surface area contributed by atoms with E-state index in [2.05, 4.69) is 35.1 Å². The van der Waals surface area contributed by atoms with Crippen molar-refractivity contribution in [3.05, 3.63) is 11.8 Å². The Morgan fingerprint density at radius 2 is 2.00 bits per heavy atom. The fourth-order valence-corrected chi connectivity index (χ4v) is 3.92. The van der Waals surface area contributed by atoms with Crippen LogP contribution in [0, 0.1) is 12.8 Å². The maximum absolute atomic E-state index is 4.78. The molecule has 0 amide bonds. The molecule has 0 bridgehead atoms. The molecule has 2 heterocycles. The fourth-order valence-electron chi connectivity index (χ4n) is 3.92. The van der Waals surface area contributed by atoms with E-state index in [1.54, 1.807) is 0 Å². The first kappa shape index (κ1) is 14.6.